The number of aliphatic hydroxyl groups excluding tert-OH is 1. The van der Waals surface area contributed by atoms with Crippen LogP contribution >= 0.6 is 0 Å². The third-order valence-corrected chi connectivity index (χ3v) is 3.97. The lowest BCUT2D eigenvalue weighted by molar-refractivity contribution is -0.137. The fourth-order valence-electron chi connectivity index (χ4n) is 3.07. The Labute approximate surface area is 133 Å². The lowest BCUT2D eigenvalue weighted by Gasteiger charge is -2.24. The Morgan fingerprint density at radius 1 is 1.14 bits per heavy atom. The Morgan fingerprint density at radius 2 is 1.73 bits per heavy atom. The highest BCUT2D eigenvalue weighted by Crippen LogP contribution is 2.26. The SMILES string of the molecule is CCCN(CCC(=O)O)CCC(O)c1c(C)cc(C)cc1C. The highest BCUT2D eigenvalue weighted by Gasteiger charge is 2.16. The van der Waals surface area contributed by atoms with Crippen LogP contribution in [0.2, 0.25) is 0 Å². The van der Waals surface area contributed by atoms with Gasteiger partial charge in [0.1, 0.15) is 0 Å². The second-order valence-electron chi connectivity index (χ2n) is 6.10. The molecule has 0 aliphatic carbocycles. The summed E-state index contributed by atoms with van der Waals surface area (Å²) in [6, 6.07) is 4.19. The minimum absolute atomic E-state index is 0.151. The number of nitrogens with zero attached hydrogens (tertiary/aromatic N) is 1. The van der Waals surface area contributed by atoms with Gasteiger partial charge in [0.15, 0.2) is 0 Å². The van der Waals surface area contributed by atoms with Gasteiger partial charge in [0.2, 0.25) is 0 Å². The molecule has 0 bridgehead atoms. The summed E-state index contributed by atoms with van der Waals surface area (Å²) in [5.74, 6) is -0.771. The van der Waals surface area contributed by atoms with Crippen molar-refractivity contribution in [2.24, 2.45) is 0 Å². The first-order valence-corrected chi connectivity index (χ1v) is 8.05. The van der Waals surface area contributed by atoms with E-state index in [9.17, 15) is 9.90 Å². The van der Waals surface area contributed by atoms with Gasteiger partial charge in [-0.15, -0.1) is 0 Å². The van der Waals surface area contributed by atoms with Crippen LogP contribution in [0.25, 0.3) is 0 Å². The minimum Gasteiger partial charge on any atom is -0.481 e. The van der Waals surface area contributed by atoms with Crippen LogP contribution in [0.15, 0.2) is 12.1 Å². The van der Waals surface area contributed by atoms with Crippen LogP contribution in [0.5, 0.6) is 0 Å². The average Bonchev–Trinajstić information content (AvgIpc) is 2.40. The van der Waals surface area contributed by atoms with E-state index in [-0.39, 0.29) is 6.42 Å². The Kier molecular flexibility index (Phi) is 7.56. The van der Waals surface area contributed by atoms with Crippen molar-refractivity contribution >= 4 is 5.97 Å². The second-order valence-corrected chi connectivity index (χ2v) is 6.10. The van der Waals surface area contributed by atoms with Crippen molar-refractivity contribution in [2.75, 3.05) is 19.6 Å². The van der Waals surface area contributed by atoms with E-state index in [0.717, 1.165) is 36.2 Å². The van der Waals surface area contributed by atoms with Gasteiger partial charge in [-0.2, -0.15) is 0 Å². The molecule has 0 aliphatic rings. The molecule has 1 atom stereocenters. The van der Waals surface area contributed by atoms with Crippen LogP contribution in [0.1, 0.15) is 54.5 Å². The molecule has 4 nitrogen and oxygen atoms in total. The van der Waals surface area contributed by atoms with E-state index in [1.807, 2.05) is 13.8 Å². The molecule has 0 saturated carbocycles. The van der Waals surface area contributed by atoms with E-state index in [2.05, 4.69) is 30.9 Å². The normalized spacial score (nSPS) is 12.6. The molecule has 0 heterocycles. The molecule has 0 saturated heterocycles. The zero-order valence-electron chi connectivity index (χ0n) is 14.2. The van der Waals surface area contributed by atoms with Crippen LogP contribution in [-0.2, 0) is 4.79 Å². The predicted molar refractivity (Wildman–Crippen MR) is 89.2 cm³/mol. The molecule has 22 heavy (non-hydrogen) atoms. The van der Waals surface area contributed by atoms with Crippen LogP contribution in [-0.4, -0.2) is 40.7 Å². The van der Waals surface area contributed by atoms with Gasteiger partial charge < -0.3 is 15.1 Å². The molecular weight excluding hydrogens is 278 g/mol. The maximum Gasteiger partial charge on any atom is 0.304 e. The molecule has 2 N–H and O–H groups in total. The molecule has 0 aromatic heterocycles. The molecule has 1 rings (SSSR count). The quantitative estimate of drug-likeness (QED) is 0.735. The number of aliphatic carboxylic acids is 1. The molecule has 0 aliphatic heterocycles. The molecule has 0 amide bonds. The lowest BCUT2D eigenvalue weighted by Crippen LogP contribution is -2.29. The van der Waals surface area contributed by atoms with Gasteiger partial charge in [0, 0.05) is 13.1 Å². The third-order valence-electron chi connectivity index (χ3n) is 3.97. The maximum atomic E-state index is 10.7. The molecule has 1 unspecified atom stereocenters. The predicted octanol–water partition coefficient (Wildman–Crippen LogP) is 3.22. The van der Waals surface area contributed by atoms with Crippen molar-refractivity contribution in [1.82, 2.24) is 4.90 Å². The van der Waals surface area contributed by atoms with Gasteiger partial charge in [-0.3, -0.25) is 4.79 Å². The monoisotopic (exact) mass is 307 g/mol. The number of hydrogen-bond acceptors (Lipinski definition) is 3. The van der Waals surface area contributed by atoms with E-state index in [1.54, 1.807) is 0 Å². The third kappa shape index (κ3) is 5.78. The molecule has 1 aromatic carbocycles. The summed E-state index contributed by atoms with van der Waals surface area (Å²) in [5.41, 5.74) is 4.47. The highest BCUT2D eigenvalue weighted by atomic mass is 16.4. The molecule has 0 spiro atoms. The van der Waals surface area contributed by atoms with E-state index in [1.165, 1.54) is 5.56 Å². The van der Waals surface area contributed by atoms with Gasteiger partial charge in [0.05, 0.1) is 12.5 Å². The molecule has 0 radical (unpaired) electrons. The summed E-state index contributed by atoms with van der Waals surface area (Å²) >= 11 is 0. The Hall–Kier alpha value is -1.39. The number of carboxylic acid groups (broad SMARTS) is 1. The first-order valence-electron chi connectivity index (χ1n) is 8.05. The summed E-state index contributed by atoms with van der Waals surface area (Å²) in [5, 5.41) is 19.3. The maximum absolute atomic E-state index is 10.7. The Morgan fingerprint density at radius 3 is 2.23 bits per heavy atom. The molecule has 1 aromatic rings. The summed E-state index contributed by atoms with van der Waals surface area (Å²) in [7, 11) is 0. The van der Waals surface area contributed by atoms with Crippen molar-refractivity contribution in [2.45, 2.75) is 53.1 Å². The van der Waals surface area contributed by atoms with Gasteiger partial charge in [-0.1, -0.05) is 24.6 Å². The summed E-state index contributed by atoms with van der Waals surface area (Å²) in [6.07, 6.45) is 1.27. The number of carboxylic acids is 1. The Balaban J connectivity index is 2.66. The standard InChI is InChI=1S/C18H29NO3/c1-5-8-19(10-7-17(21)22)9-6-16(20)18-14(3)11-13(2)12-15(18)4/h11-12,16,20H,5-10H2,1-4H3,(H,21,22). The fraction of sp³-hybridized carbons (Fsp3) is 0.611. The van der Waals surface area contributed by atoms with Crippen molar-refractivity contribution in [3.05, 3.63) is 34.4 Å². The summed E-state index contributed by atoms with van der Waals surface area (Å²) in [6.45, 7) is 10.3. The fourth-order valence-corrected chi connectivity index (χ4v) is 3.07. The first-order chi connectivity index (χ1) is 10.3. The summed E-state index contributed by atoms with van der Waals surface area (Å²) in [4.78, 5) is 12.8. The number of aryl methyl sites for hydroxylation is 3. The lowest BCUT2D eigenvalue weighted by atomic mass is 9.94. The van der Waals surface area contributed by atoms with Crippen LogP contribution in [0, 0.1) is 20.8 Å². The Bertz CT molecular complexity index is 476. The molecule has 124 valence electrons. The van der Waals surface area contributed by atoms with Gasteiger partial charge >= 0.3 is 5.97 Å². The van der Waals surface area contributed by atoms with Gasteiger partial charge in [-0.05, 0) is 56.8 Å². The van der Waals surface area contributed by atoms with E-state index >= 15 is 0 Å². The molecule has 4 heteroatoms. The van der Waals surface area contributed by atoms with E-state index in [4.69, 9.17) is 5.11 Å². The number of hydrogen-bond donors (Lipinski definition) is 2. The van der Waals surface area contributed by atoms with Crippen molar-refractivity contribution in [3.63, 3.8) is 0 Å². The van der Waals surface area contributed by atoms with Gasteiger partial charge in [0.25, 0.3) is 0 Å². The number of carbonyl (C=O) groups is 1. The van der Waals surface area contributed by atoms with Crippen LogP contribution in [0.4, 0.5) is 0 Å². The van der Waals surface area contributed by atoms with Gasteiger partial charge in [-0.25, -0.2) is 0 Å². The van der Waals surface area contributed by atoms with Crippen LogP contribution in [0.3, 0.4) is 0 Å². The van der Waals surface area contributed by atoms with Crippen molar-refractivity contribution < 1.29 is 15.0 Å². The number of aliphatic hydroxyl groups is 1. The zero-order chi connectivity index (χ0) is 16.7. The zero-order valence-corrected chi connectivity index (χ0v) is 14.2. The van der Waals surface area contributed by atoms with Crippen LogP contribution < -0.4 is 0 Å². The topological polar surface area (TPSA) is 60.8 Å². The number of rotatable bonds is 9. The van der Waals surface area contributed by atoms with Crippen molar-refractivity contribution in [3.8, 4) is 0 Å². The first kappa shape index (κ1) is 18.7. The van der Waals surface area contributed by atoms with Crippen molar-refractivity contribution in [1.29, 1.82) is 0 Å². The second kappa shape index (κ2) is 8.91. The minimum atomic E-state index is -0.771. The molecule has 0 fully saturated rings. The average molecular weight is 307 g/mol. The number of benzene rings is 1. The van der Waals surface area contributed by atoms with E-state index in [0.29, 0.717) is 13.0 Å². The van der Waals surface area contributed by atoms with E-state index < -0.39 is 12.1 Å². The largest absolute Gasteiger partial charge is 0.481 e. The smallest absolute Gasteiger partial charge is 0.304 e. The highest BCUT2D eigenvalue weighted by molar-refractivity contribution is 5.66. The summed E-state index contributed by atoms with van der Waals surface area (Å²) < 4.78 is 0. The molecular formula is C18H29NO3.